The minimum Gasteiger partial charge on any atom is -0.326 e. The molecule has 0 saturated heterocycles. The minimum atomic E-state index is -3.60. The number of hydrogen-bond acceptors (Lipinski definition) is 5. The SMILES string of the molecule is CS(=O)(=O)CCS(=O)(=O)Cc1cc(F)cc(CN)c1. The van der Waals surface area contributed by atoms with Gasteiger partial charge in [-0.15, -0.1) is 0 Å². The van der Waals surface area contributed by atoms with Crippen LogP contribution in [0.2, 0.25) is 0 Å². The van der Waals surface area contributed by atoms with Crippen molar-refractivity contribution in [2.45, 2.75) is 12.3 Å². The van der Waals surface area contributed by atoms with Gasteiger partial charge >= 0.3 is 0 Å². The van der Waals surface area contributed by atoms with Crippen molar-refractivity contribution in [2.75, 3.05) is 17.8 Å². The van der Waals surface area contributed by atoms with Gasteiger partial charge in [-0.05, 0) is 23.3 Å². The van der Waals surface area contributed by atoms with Gasteiger partial charge in [-0.3, -0.25) is 0 Å². The van der Waals surface area contributed by atoms with Gasteiger partial charge in [0.1, 0.15) is 15.7 Å². The first-order valence-corrected chi connectivity index (χ1v) is 9.36. The van der Waals surface area contributed by atoms with Crippen LogP contribution in [0.15, 0.2) is 18.2 Å². The van der Waals surface area contributed by atoms with Crippen LogP contribution in [0.25, 0.3) is 0 Å². The molecule has 108 valence electrons. The third-order valence-electron chi connectivity index (χ3n) is 2.40. The minimum absolute atomic E-state index is 0.105. The molecule has 0 amide bonds. The van der Waals surface area contributed by atoms with Crippen molar-refractivity contribution < 1.29 is 21.2 Å². The van der Waals surface area contributed by atoms with E-state index in [1.807, 2.05) is 0 Å². The lowest BCUT2D eigenvalue weighted by molar-refractivity contribution is 0.589. The van der Waals surface area contributed by atoms with E-state index in [0.29, 0.717) is 5.56 Å². The van der Waals surface area contributed by atoms with Crippen molar-refractivity contribution >= 4 is 19.7 Å². The fraction of sp³-hybridized carbons (Fsp3) is 0.455. The largest absolute Gasteiger partial charge is 0.326 e. The molecule has 0 aliphatic carbocycles. The van der Waals surface area contributed by atoms with E-state index in [9.17, 15) is 21.2 Å². The van der Waals surface area contributed by atoms with E-state index in [4.69, 9.17) is 5.73 Å². The Morgan fingerprint density at radius 2 is 1.63 bits per heavy atom. The van der Waals surface area contributed by atoms with Gasteiger partial charge in [-0.1, -0.05) is 6.07 Å². The first-order chi connectivity index (χ1) is 8.61. The highest BCUT2D eigenvalue weighted by atomic mass is 32.2. The number of rotatable bonds is 6. The van der Waals surface area contributed by atoms with Gasteiger partial charge in [0.05, 0.1) is 17.3 Å². The Bertz CT molecular complexity index is 653. The molecule has 1 rings (SSSR count). The standard InChI is InChI=1S/C11H16FNO4S2/c1-18(14,15)2-3-19(16,17)8-10-4-9(7-13)5-11(12)6-10/h4-6H,2-3,7-8,13H2,1H3. The molecule has 0 fully saturated rings. The van der Waals surface area contributed by atoms with Crippen molar-refractivity contribution in [3.8, 4) is 0 Å². The fourth-order valence-electron chi connectivity index (χ4n) is 1.52. The lowest BCUT2D eigenvalue weighted by Gasteiger charge is -2.06. The van der Waals surface area contributed by atoms with E-state index < -0.39 is 42.8 Å². The lowest BCUT2D eigenvalue weighted by atomic mass is 10.1. The highest BCUT2D eigenvalue weighted by Crippen LogP contribution is 2.13. The number of halogens is 1. The number of nitrogens with two attached hydrogens (primary N) is 1. The molecule has 0 radical (unpaired) electrons. The van der Waals surface area contributed by atoms with Crippen molar-refractivity contribution in [1.82, 2.24) is 0 Å². The normalized spacial score (nSPS) is 12.6. The molecule has 19 heavy (non-hydrogen) atoms. The van der Waals surface area contributed by atoms with Crippen LogP contribution < -0.4 is 5.73 Å². The zero-order chi connectivity index (χ0) is 14.7. The molecule has 1 aromatic rings. The molecule has 0 aliphatic heterocycles. The summed E-state index contributed by atoms with van der Waals surface area (Å²) in [5, 5.41) is 0. The topological polar surface area (TPSA) is 94.3 Å². The summed E-state index contributed by atoms with van der Waals surface area (Å²) in [6, 6.07) is 3.84. The van der Waals surface area contributed by atoms with Crippen molar-refractivity contribution in [2.24, 2.45) is 5.73 Å². The molecule has 0 aliphatic rings. The van der Waals surface area contributed by atoms with E-state index in [0.717, 1.165) is 12.3 Å². The van der Waals surface area contributed by atoms with Gasteiger partial charge in [0.15, 0.2) is 9.84 Å². The Labute approximate surface area is 112 Å². The smallest absolute Gasteiger partial charge is 0.155 e. The summed E-state index contributed by atoms with van der Waals surface area (Å²) in [5.41, 5.74) is 6.14. The first kappa shape index (κ1) is 16.1. The first-order valence-electron chi connectivity index (χ1n) is 5.48. The van der Waals surface area contributed by atoms with Crippen molar-refractivity contribution in [1.29, 1.82) is 0 Å². The van der Waals surface area contributed by atoms with Crippen LogP contribution in [-0.2, 0) is 32.0 Å². The zero-order valence-electron chi connectivity index (χ0n) is 10.5. The second kappa shape index (κ2) is 5.98. The van der Waals surface area contributed by atoms with Crippen LogP contribution >= 0.6 is 0 Å². The quantitative estimate of drug-likeness (QED) is 0.812. The molecule has 0 saturated carbocycles. The summed E-state index contributed by atoms with van der Waals surface area (Å²) >= 11 is 0. The molecule has 1 aromatic carbocycles. The Morgan fingerprint density at radius 1 is 1.05 bits per heavy atom. The van der Waals surface area contributed by atoms with Crippen LogP contribution in [-0.4, -0.2) is 34.6 Å². The van der Waals surface area contributed by atoms with E-state index in [-0.39, 0.29) is 12.1 Å². The third-order valence-corrected chi connectivity index (χ3v) is 5.21. The second-order valence-corrected chi connectivity index (χ2v) is 8.84. The lowest BCUT2D eigenvalue weighted by Crippen LogP contribution is -2.18. The third kappa shape index (κ3) is 6.13. The summed E-state index contributed by atoms with van der Waals surface area (Å²) in [7, 11) is -6.94. The molecule has 2 N–H and O–H groups in total. The summed E-state index contributed by atoms with van der Waals surface area (Å²) < 4.78 is 58.6. The number of sulfone groups is 2. The molecule has 0 spiro atoms. The predicted octanol–water partition coefficient (Wildman–Crippen LogP) is 0.244. The van der Waals surface area contributed by atoms with Gasteiger partial charge in [-0.25, -0.2) is 21.2 Å². The maximum atomic E-state index is 13.2. The Morgan fingerprint density at radius 3 is 2.16 bits per heavy atom. The summed E-state index contributed by atoms with van der Waals surface area (Å²) in [4.78, 5) is 0. The van der Waals surface area contributed by atoms with Crippen LogP contribution in [0.5, 0.6) is 0 Å². The van der Waals surface area contributed by atoms with Gasteiger partial charge < -0.3 is 5.73 Å². The van der Waals surface area contributed by atoms with E-state index in [2.05, 4.69) is 0 Å². The van der Waals surface area contributed by atoms with Gasteiger partial charge in [0, 0.05) is 12.8 Å². The highest BCUT2D eigenvalue weighted by Gasteiger charge is 2.16. The Balaban J connectivity index is 2.86. The maximum absolute atomic E-state index is 13.2. The number of hydrogen-bond donors (Lipinski definition) is 1. The zero-order valence-corrected chi connectivity index (χ0v) is 12.1. The summed E-state index contributed by atoms with van der Waals surface area (Å²) in [6.45, 7) is 0.105. The van der Waals surface area contributed by atoms with Crippen molar-refractivity contribution in [3.63, 3.8) is 0 Å². The highest BCUT2D eigenvalue weighted by molar-refractivity contribution is 7.94. The monoisotopic (exact) mass is 309 g/mol. The molecule has 0 unspecified atom stereocenters. The molecule has 8 heteroatoms. The molecule has 0 bridgehead atoms. The molecular formula is C11H16FNO4S2. The fourth-order valence-corrected chi connectivity index (χ4v) is 4.57. The summed E-state index contributed by atoms with van der Waals surface area (Å²) in [6.07, 6.45) is 0.969. The maximum Gasteiger partial charge on any atom is 0.155 e. The second-order valence-electron chi connectivity index (χ2n) is 4.39. The van der Waals surface area contributed by atoms with E-state index >= 15 is 0 Å². The average molecular weight is 309 g/mol. The van der Waals surface area contributed by atoms with E-state index in [1.54, 1.807) is 0 Å². The summed E-state index contributed by atoms with van der Waals surface area (Å²) in [5.74, 6) is -1.86. The van der Waals surface area contributed by atoms with Crippen LogP contribution in [0, 0.1) is 5.82 Å². The molecule has 0 aromatic heterocycles. The Kier molecular flexibility index (Phi) is 5.05. The molecule has 5 nitrogen and oxygen atoms in total. The van der Waals surface area contributed by atoms with Crippen LogP contribution in [0.3, 0.4) is 0 Å². The van der Waals surface area contributed by atoms with E-state index in [1.165, 1.54) is 12.1 Å². The van der Waals surface area contributed by atoms with Gasteiger partial charge in [0.2, 0.25) is 0 Å². The van der Waals surface area contributed by atoms with Crippen LogP contribution in [0.4, 0.5) is 4.39 Å². The van der Waals surface area contributed by atoms with Gasteiger partial charge in [-0.2, -0.15) is 0 Å². The predicted molar refractivity (Wildman–Crippen MR) is 71.5 cm³/mol. The van der Waals surface area contributed by atoms with Crippen LogP contribution in [0.1, 0.15) is 11.1 Å². The number of benzene rings is 1. The average Bonchev–Trinajstić information content (AvgIpc) is 2.24. The van der Waals surface area contributed by atoms with Gasteiger partial charge in [0.25, 0.3) is 0 Å². The molecule has 0 atom stereocenters. The Hall–Kier alpha value is -0.990. The van der Waals surface area contributed by atoms with Crippen molar-refractivity contribution in [3.05, 3.63) is 35.1 Å². The molecular weight excluding hydrogens is 293 g/mol. The molecule has 0 heterocycles.